The second-order valence-electron chi connectivity index (χ2n) is 5.74. The number of carbonyl (C=O) groups is 1. The number of ketones is 1. The summed E-state index contributed by atoms with van der Waals surface area (Å²) in [4.78, 5) is 10.0. The number of hydrogen-bond donors (Lipinski definition) is 1. The molecule has 0 spiro atoms. The predicted octanol–water partition coefficient (Wildman–Crippen LogP) is 4.44. The van der Waals surface area contributed by atoms with Gasteiger partial charge in [-0.1, -0.05) is 91.0 Å². The van der Waals surface area contributed by atoms with Crippen molar-refractivity contribution in [3.8, 4) is 0 Å². The molecule has 1 N–H and O–H groups in total. The first-order valence-corrected chi connectivity index (χ1v) is 9.95. The Balaban J connectivity index is 0.000000675. The molecular weight excluding hydrogens is 470 g/mol. The van der Waals surface area contributed by atoms with E-state index in [1.807, 2.05) is 0 Å². The summed E-state index contributed by atoms with van der Waals surface area (Å²) in [6.07, 6.45) is 1.17. The van der Waals surface area contributed by atoms with Crippen molar-refractivity contribution in [3.05, 3.63) is 109 Å². The summed E-state index contributed by atoms with van der Waals surface area (Å²) >= 11 is 0. The SMILES string of the molecule is CC(=O)/C=C(\C)O.[C-]#[O+].[Rh].c1ccc(P(c2ccccc2)c2ccccc2)cc1. The van der Waals surface area contributed by atoms with Gasteiger partial charge < -0.3 is 5.11 Å². The van der Waals surface area contributed by atoms with Crippen LogP contribution in [0, 0.1) is 6.65 Å². The summed E-state index contributed by atoms with van der Waals surface area (Å²) in [7, 11) is -0.446. The Morgan fingerprint density at radius 2 is 1.03 bits per heavy atom. The van der Waals surface area contributed by atoms with Gasteiger partial charge in [0.05, 0.1) is 5.76 Å². The molecule has 29 heavy (non-hydrogen) atoms. The van der Waals surface area contributed by atoms with Gasteiger partial charge in [0, 0.05) is 25.6 Å². The van der Waals surface area contributed by atoms with E-state index in [-0.39, 0.29) is 31.0 Å². The molecule has 5 heteroatoms. The Bertz CT molecular complexity index is 781. The van der Waals surface area contributed by atoms with E-state index in [4.69, 9.17) is 9.76 Å². The van der Waals surface area contributed by atoms with Gasteiger partial charge in [-0.05, 0) is 37.7 Å². The Labute approximate surface area is 186 Å². The average Bonchev–Trinajstić information content (AvgIpc) is 2.72. The minimum atomic E-state index is -0.446. The quantitative estimate of drug-likeness (QED) is 0.146. The van der Waals surface area contributed by atoms with Crippen molar-refractivity contribution in [2.45, 2.75) is 13.8 Å². The van der Waals surface area contributed by atoms with E-state index in [9.17, 15) is 4.79 Å². The zero-order chi connectivity index (χ0) is 20.8. The van der Waals surface area contributed by atoms with Crippen LogP contribution >= 0.6 is 7.92 Å². The fourth-order valence-electron chi connectivity index (χ4n) is 2.47. The van der Waals surface area contributed by atoms with Crippen molar-refractivity contribution in [1.82, 2.24) is 0 Å². The topological polar surface area (TPSA) is 57.2 Å². The molecule has 3 rings (SSSR count). The first-order valence-electron chi connectivity index (χ1n) is 8.61. The summed E-state index contributed by atoms with van der Waals surface area (Å²) in [5.74, 6) is -0.0625. The molecule has 0 aromatic heterocycles. The molecule has 0 saturated carbocycles. The summed E-state index contributed by atoms with van der Waals surface area (Å²) < 4.78 is 7.50. The van der Waals surface area contributed by atoms with Crippen LogP contribution in [0.15, 0.2) is 103 Å². The number of carbonyl (C=O) groups excluding carboxylic acids is 1. The van der Waals surface area contributed by atoms with Crippen molar-refractivity contribution in [2.24, 2.45) is 0 Å². The van der Waals surface area contributed by atoms with Gasteiger partial charge in [0.25, 0.3) is 0 Å². The Morgan fingerprint density at radius 1 is 0.759 bits per heavy atom. The second-order valence-corrected chi connectivity index (χ2v) is 7.96. The minimum absolute atomic E-state index is 0. The standard InChI is InChI=1S/C18H15P.C5H8O2.CO.Rh/c1-4-10-16(11-5-1)19(17-12-6-2-7-13-17)18-14-8-3-9-15-18;1-4(6)3-5(2)7;1-2;/h1-15H;3,6H,1-2H3;;/b;4-3+;;. The first kappa shape index (κ1) is 26.7. The molecule has 0 saturated heterocycles. The van der Waals surface area contributed by atoms with Crippen molar-refractivity contribution >= 4 is 29.6 Å². The largest absolute Gasteiger partial charge is 0.0622 e. The fourth-order valence-corrected chi connectivity index (χ4v) is 4.78. The molecule has 0 aliphatic rings. The van der Waals surface area contributed by atoms with Crippen LogP contribution in [0.5, 0.6) is 0 Å². The summed E-state index contributed by atoms with van der Waals surface area (Å²) in [6.45, 7) is 7.35. The summed E-state index contributed by atoms with van der Waals surface area (Å²) in [5.41, 5.74) is 0. The summed E-state index contributed by atoms with van der Waals surface area (Å²) in [5, 5.41) is 12.6. The number of hydrogen-bond acceptors (Lipinski definition) is 2. The van der Waals surface area contributed by atoms with Gasteiger partial charge in [-0.2, -0.15) is 0 Å². The van der Waals surface area contributed by atoms with Gasteiger partial charge in [0.2, 0.25) is 0 Å². The molecule has 1 radical (unpaired) electrons. The van der Waals surface area contributed by atoms with Crippen LogP contribution in [0.4, 0.5) is 0 Å². The zero-order valence-electron chi connectivity index (χ0n) is 16.3. The number of benzene rings is 3. The first-order chi connectivity index (χ1) is 13.6. The van der Waals surface area contributed by atoms with Gasteiger partial charge >= 0.3 is 11.3 Å². The van der Waals surface area contributed by atoms with E-state index < -0.39 is 7.92 Å². The molecule has 0 aliphatic heterocycles. The van der Waals surface area contributed by atoms with Crippen LogP contribution in [0.1, 0.15) is 13.8 Å². The maximum Gasteiger partial charge on any atom is 0 e. The number of rotatable bonds is 4. The molecule has 3 nitrogen and oxygen atoms in total. The Morgan fingerprint density at radius 3 is 1.21 bits per heavy atom. The van der Waals surface area contributed by atoms with E-state index in [1.165, 1.54) is 35.8 Å². The molecule has 0 unspecified atom stereocenters. The second kappa shape index (κ2) is 15.6. The molecule has 0 atom stereocenters. The van der Waals surface area contributed by atoms with Crippen LogP contribution in [-0.2, 0) is 28.9 Å². The van der Waals surface area contributed by atoms with Gasteiger partial charge in [-0.25, -0.2) is 0 Å². The fraction of sp³-hybridized carbons (Fsp3) is 0.0833. The van der Waals surface area contributed by atoms with E-state index in [1.54, 1.807) is 0 Å². The van der Waals surface area contributed by atoms with Crippen molar-refractivity contribution in [2.75, 3.05) is 0 Å². The van der Waals surface area contributed by atoms with Crippen LogP contribution in [0.2, 0.25) is 0 Å². The van der Waals surface area contributed by atoms with Crippen molar-refractivity contribution in [3.63, 3.8) is 0 Å². The van der Waals surface area contributed by atoms with Gasteiger partial charge in [-0.15, -0.1) is 0 Å². The minimum Gasteiger partial charge on any atom is -0.0622 e. The zero-order valence-corrected chi connectivity index (χ0v) is 18.8. The predicted molar refractivity (Wildman–Crippen MR) is 116 cm³/mol. The molecule has 0 bridgehead atoms. The third kappa shape index (κ3) is 10.1. The number of allylic oxidation sites excluding steroid dienone is 2. The average molecular weight is 493 g/mol. The Hall–Kier alpha value is -2.34. The molecule has 3 aromatic carbocycles. The van der Waals surface area contributed by atoms with Crippen LogP contribution in [0.25, 0.3) is 0 Å². The molecule has 0 amide bonds. The third-order valence-corrected chi connectivity index (χ3v) is 5.90. The van der Waals surface area contributed by atoms with E-state index in [0.717, 1.165) is 0 Å². The molecule has 0 heterocycles. The van der Waals surface area contributed by atoms with Crippen molar-refractivity contribution < 1.29 is 34.0 Å². The number of aliphatic hydroxyl groups is 1. The van der Waals surface area contributed by atoms with E-state index in [0.29, 0.717) is 0 Å². The maximum absolute atomic E-state index is 10.0. The third-order valence-electron chi connectivity index (χ3n) is 3.46. The number of aliphatic hydroxyl groups excluding tert-OH is 1. The normalized spacial score (nSPS) is 9.76. The maximum atomic E-state index is 10.0. The summed E-state index contributed by atoms with van der Waals surface area (Å²) in [6, 6.07) is 32.3. The van der Waals surface area contributed by atoms with Crippen LogP contribution < -0.4 is 15.9 Å². The molecular formula is C24H23O3PRh. The monoisotopic (exact) mass is 493 g/mol. The molecule has 0 fully saturated rings. The van der Waals surface area contributed by atoms with Crippen molar-refractivity contribution in [1.29, 1.82) is 0 Å². The van der Waals surface area contributed by atoms with E-state index in [2.05, 4.69) is 97.6 Å². The van der Waals surface area contributed by atoms with E-state index >= 15 is 0 Å². The molecule has 0 aliphatic carbocycles. The molecule has 3 aromatic rings. The van der Waals surface area contributed by atoms with Gasteiger partial charge in [-0.3, -0.25) is 4.79 Å². The Kier molecular flexibility index (Phi) is 14.3. The van der Waals surface area contributed by atoms with Gasteiger partial charge in [0.15, 0.2) is 5.78 Å². The van der Waals surface area contributed by atoms with Crippen LogP contribution in [0.3, 0.4) is 0 Å². The smallest absolute Gasteiger partial charge is 0 e. The van der Waals surface area contributed by atoms with Gasteiger partial charge in [0.1, 0.15) is 0 Å². The molecule has 151 valence electrons. The van der Waals surface area contributed by atoms with Crippen LogP contribution in [-0.4, -0.2) is 10.9 Å².